The van der Waals surface area contributed by atoms with E-state index in [1.807, 2.05) is 18.2 Å². The third kappa shape index (κ3) is 1.82. The molecule has 0 saturated heterocycles. The minimum Gasteiger partial charge on any atom is -0.399 e. The minimum atomic E-state index is 0.403. The molecule has 0 unspecified atom stereocenters. The van der Waals surface area contributed by atoms with Gasteiger partial charge in [-0.2, -0.15) is 0 Å². The highest BCUT2D eigenvalue weighted by Gasteiger charge is 2.22. The van der Waals surface area contributed by atoms with E-state index in [2.05, 4.69) is 11.2 Å². The van der Waals surface area contributed by atoms with Crippen molar-refractivity contribution in [3.8, 4) is 0 Å². The molecule has 0 amide bonds. The van der Waals surface area contributed by atoms with E-state index in [-0.39, 0.29) is 0 Å². The molecule has 0 aliphatic heterocycles. The second-order valence-corrected chi connectivity index (χ2v) is 4.86. The Hall–Kier alpha value is -1.77. The number of nitrogen functional groups attached to an aromatic ring is 1. The van der Waals surface area contributed by atoms with E-state index in [9.17, 15) is 4.79 Å². The number of carbonyl (C=O) groups is 1. The van der Waals surface area contributed by atoms with Crippen molar-refractivity contribution in [1.29, 1.82) is 0 Å². The lowest BCUT2D eigenvalue weighted by atomic mass is 9.83. The van der Waals surface area contributed by atoms with E-state index in [4.69, 9.17) is 5.73 Å². The largest absolute Gasteiger partial charge is 0.399 e. The summed E-state index contributed by atoms with van der Waals surface area (Å²) in [6.45, 7) is 0. The molecule has 0 bridgehead atoms. The molecule has 88 valence electrons. The Labute approximate surface area is 100 Å². The van der Waals surface area contributed by atoms with Crippen molar-refractivity contribution in [1.82, 2.24) is 4.98 Å². The molecule has 3 N–H and O–H groups in total. The highest BCUT2D eigenvalue weighted by atomic mass is 16.1. The van der Waals surface area contributed by atoms with Crippen LogP contribution in [0, 0.1) is 0 Å². The zero-order valence-corrected chi connectivity index (χ0v) is 9.70. The quantitative estimate of drug-likeness (QED) is 0.737. The van der Waals surface area contributed by atoms with Gasteiger partial charge in [-0.1, -0.05) is 0 Å². The number of carbonyl (C=O) groups excluding carboxylic acids is 1. The van der Waals surface area contributed by atoms with Crippen LogP contribution in [0.1, 0.15) is 37.2 Å². The van der Waals surface area contributed by atoms with Gasteiger partial charge in [0.25, 0.3) is 0 Å². The topological polar surface area (TPSA) is 58.9 Å². The first-order chi connectivity index (χ1) is 8.24. The summed E-state index contributed by atoms with van der Waals surface area (Å²) in [6, 6.07) is 5.95. The lowest BCUT2D eigenvalue weighted by molar-refractivity contribution is -0.120. The van der Waals surface area contributed by atoms with Crippen LogP contribution in [0.5, 0.6) is 0 Å². The number of rotatable bonds is 1. The molecule has 1 heterocycles. The van der Waals surface area contributed by atoms with Crippen molar-refractivity contribution in [3.63, 3.8) is 0 Å². The van der Waals surface area contributed by atoms with Crippen LogP contribution in [-0.2, 0) is 4.79 Å². The number of hydrogen-bond donors (Lipinski definition) is 2. The molecule has 2 aromatic rings. The van der Waals surface area contributed by atoms with Gasteiger partial charge in [-0.15, -0.1) is 0 Å². The first kappa shape index (κ1) is 10.4. The Kier molecular flexibility index (Phi) is 2.39. The lowest BCUT2D eigenvalue weighted by Gasteiger charge is -2.20. The molecule has 1 saturated carbocycles. The van der Waals surface area contributed by atoms with E-state index in [0.717, 1.165) is 36.9 Å². The Morgan fingerprint density at radius 1 is 1.24 bits per heavy atom. The standard InChI is InChI=1S/C14H16N2O/c15-10-3-6-14-12(7-10)13(8-16-14)9-1-4-11(17)5-2-9/h3,6-9,16H,1-2,4-5,15H2. The van der Waals surface area contributed by atoms with Crippen molar-refractivity contribution in [2.24, 2.45) is 0 Å². The van der Waals surface area contributed by atoms with Crippen LogP contribution in [-0.4, -0.2) is 10.8 Å². The molecule has 17 heavy (non-hydrogen) atoms. The Morgan fingerprint density at radius 3 is 2.76 bits per heavy atom. The van der Waals surface area contributed by atoms with Crippen LogP contribution in [0.4, 0.5) is 5.69 Å². The molecule has 1 aromatic carbocycles. The summed E-state index contributed by atoms with van der Waals surface area (Å²) in [7, 11) is 0. The van der Waals surface area contributed by atoms with Gasteiger partial charge in [0.1, 0.15) is 5.78 Å². The maximum atomic E-state index is 11.3. The normalized spacial score (nSPS) is 17.8. The molecule has 3 heteroatoms. The summed E-state index contributed by atoms with van der Waals surface area (Å²) in [6.07, 6.45) is 5.46. The second kappa shape index (κ2) is 3.91. The molecule has 0 radical (unpaired) electrons. The fourth-order valence-electron chi connectivity index (χ4n) is 2.75. The maximum absolute atomic E-state index is 11.3. The third-order valence-electron chi connectivity index (χ3n) is 3.72. The molecule has 3 rings (SSSR count). The van der Waals surface area contributed by atoms with Gasteiger partial charge in [0, 0.05) is 35.6 Å². The number of aromatic nitrogens is 1. The molecular weight excluding hydrogens is 212 g/mol. The van der Waals surface area contributed by atoms with Gasteiger partial charge in [0.2, 0.25) is 0 Å². The minimum absolute atomic E-state index is 0.403. The number of aromatic amines is 1. The summed E-state index contributed by atoms with van der Waals surface area (Å²) < 4.78 is 0. The van der Waals surface area contributed by atoms with Crippen molar-refractivity contribution >= 4 is 22.4 Å². The van der Waals surface area contributed by atoms with Gasteiger partial charge in [0.15, 0.2) is 0 Å². The fraction of sp³-hybridized carbons (Fsp3) is 0.357. The number of anilines is 1. The van der Waals surface area contributed by atoms with Gasteiger partial charge < -0.3 is 10.7 Å². The van der Waals surface area contributed by atoms with E-state index < -0.39 is 0 Å². The SMILES string of the molecule is Nc1ccc2[nH]cc(C3CCC(=O)CC3)c2c1. The highest BCUT2D eigenvalue weighted by molar-refractivity contribution is 5.87. The highest BCUT2D eigenvalue weighted by Crippen LogP contribution is 2.35. The molecule has 1 aromatic heterocycles. The molecule has 1 fully saturated rings. The Balaban J connectivity index is 1.99. The lowest BCUT2D eigenvalue weighted by Crippen LogP contribution is -2.12. The number of H-pyrrole nitrogens is 1. The number of nitrogens with two attached hydrogens (primary N) is 1. The van der Waals surface area contributed by atoms with Crippen LogP contribution in [0.2, 0.25) is 0 Å². The van der Waals surface area contributed by atoms with Gasteiger partial charge in [-0.05, 0) is 42.5 Å². The summed E-state index contributed by atoms with van der Waals surface area (Å²) in [5, 5.41) is 1.21. The average Bonchev–Trinajstić information content (AvgIpc) is 2.73. The van der Waals surface area contributed by atoms with E-state index in [1.54, 1.807) is 0 Å². The number of nitrogens with one attached hydrogen (secondary N) is 1. The summed E-state index contributed by atoms with van der Waals surface area (Å²) in [4.78, 5) is 14.6. The first-order valence-electron chi connectivity index (χ1n) is 6.12. The van der Waals surface area contributed by atoms with Crippen molar-refractivity contribution in [2.75, 3.05) is 5.73 Å². The van der Waals surface area contributed by atoms with Crippen LogP contribution < -0.4 is 5.73 Å². The smallest absolute Gasteiger partial charge is 0.132 e. The Morgan fingerprint density at radius 2 is 2.00 bits per heavy atom. The molecule has 1 aliphatic carbocycles. The monoisotopic (exact) mass is 228 g/mol. The number of Topliss-reactive ketones (excluding diaryl/α,β-unsaturated/α-hetero) is 1. The van der Waals surface area contributed by atoms with Crippen molar-refractivity contribution in [3.05, 3.63) is 30.0 Å². The zero-order valence-electron chi connectivity index (χ0n) is 9.70. The van der Waals surface area contributed by atoms with Crippen molar-refractivity contribution < 1.29 is 4.79 Å². The van der Waals surface area contributed by atoms with E-state index in [1.165, 1.54) is 10.9 Å². The third-order valence-corrected chi connectivity index (χ3v) is 3.72. The molecule has 0 atom stereocenters. The van der Waals surface area contributed by atoms with Crippen LogP contribution in [0.25, 0.3) is 10.9 Å². The number of fused-ring (bicyclic) bond motifs is 1. The summed E-state index contributed by atoms with van der Waals surface area (Å²) in [5.41, 5.74) is 9.08. The predicted octanol–water partition coefficient (Wildman–Crippen LogP) is 2.98. The van der Waals surface area contributed by atoms with E-state index >= 15 is 0 Å². The summed E-state index contributed by atoms with van der Waals surface area (Å²) >= 11 is 0. The fourth-order valence-corrected chi connectivity index (χ4v) is 2.75. The first-order valence-corrected chi connectivity index (χ1v) is 6.12. The van der Waals surface area contributed by atoms with Crippen LogP contribution in [0.15, 0.2) is 24.4 Å². The number of ketones is 1. The second-order valence-electron chi connectivity index (χ2n) is 4.86. The average molecular weight is 228 g/mol. The number of benzene rings is 1. The van der Waals surface area contributed by atoms with Gasteiger partial charge >= 0.3 is 0 Å². The van der Waals surface area contributed by atoms with E-state index in [0.29, 0.717) is 11.7 Å². The molecule has 0 spiro atoms. The van der Waals surface area contributed by atoms with Crippen LogP contribution in [0.3, 0.4) is 0 Å². The van der Waals surface area contributed by atoms with Crippen molar-refractivity contribution in [2.45, 2.75) is 31.6 Å². The van der Waals surface area contributed by atoms with Gasteiger partial charge in [0.05, 0.1) is 0 Å². The van der Waals surface area contributed by atoms with Gasteiger partial charge in [-0.25, -0.2) is 0 Å². The predicted molar refractivity (Wildman–Crippen MR) is 68.9 cm³/mol. The molecule has 1 aliphatic rings. The zero-order chi connectivity index (χ0) is 11.8. The van der Waals surface area contributed by atoms with Gasteiger partial charge in [-0.3, -0.25) is 4.79 Å². The summed E-state index contributed by atoms with van der Waals surface area (Å²) in [5.74, 6) is 0.906. The van der Waals surface area contributed by atoms with Crippen LogP contribution >= 0.6 is 0 Å². The molecular formula is C14H16N2O. The maximum Gasteiger partial charge on any atom is 0.132 e. The number of hydrogen-bond acceptors (Lipinski definition) is 2. The molecule has 3 nitrogen and oxygen atoms in total. The Bertz CT molecular complexity index is 561.